The third kappa shape index (κ3) is 4.55. The SMILES string of the molecule is CNC(CSC(C)C)C1CCOC2(CCSCC2)C1. The molecule has 112 valence electrons. The molecule has 2 aliphatic heterocycles. The number of nitrogens with one attached hydrogen (secondary N) is 1. The van der Waals surface area contributed by atoms with E-state index in [1.807, 2.05) is 0 Å². The fraction of sp³-hybridized carbons (Fsp3) is 1.00. The summed E-state index contributed by atoms with van der Waals surface area (Å²) in [6.07, 6.45) is 5.04. The lowest BCUT2D eigenvalue weighted by Crippen LogP contribution is -2.48. The Morgan fingerprint density at radius 3 is 2.74 bits per heavy atom. The molecular formula is C15H29NOS2. The van der Waals surface area contributed by atoms with Crippen molar-refractivity contribution in [2.24, 2.45) is 5.92 Å². The molecule has 0 radical (unpaired) electrons. The first-order valence-electron chi connectivity index (χ1n) is 7.66. The maximum absolute atomic E-state index is 6.21. The first kappa shape index (κ1) is 16.0. The van der Waals surface area contributed by atoms with Crippen molar-refractivity contribution in [1.29, 1.82) is 0 Å². The van der Waals surface area contributed by atoms with E-state index >= 15 is 0 Å². The highest BCUT2D eigenvalue weighted by Gasteiger charge is 2.40. The van der Waals surface area contributed by atoms with Gasteiger partial charge in [0.15, 0.2) is 0 Å². The Labute approximate surface area is 127 Å². The molecule has 1 N–H and O–H groups in total. The molecule has 0 aromatic heterocycles. The molecule has 4 heteroatoms. The Hall–Kier alpha value is 0.620. The molecule has 2 fully saturated rings. The van der Waals surface area contributed by atoms with E-state index in [-0.39, 0.29) is 5.60 Å². The van der Waals surface area contributed by atoms with Gasteiger partial charge < -0.3 is 10.1 Å². The van der Waals surface area contributed by atoms with Crippen molar-refractivity contribution in [2.75, 3.05) is 30.9 Å². The average molecular weight is 304 g/mol. The number of hydrogen-bond acceptors (Lipinski definition) is 4. The van der Waals surface area contributed by atoms with Crippen molar-refractivity contribution in [1.82, 2.24) is 5.32 Å². The van der Waals surface area contributed by atoms with Crippen LogP contribution >= 0.6 is 23.5 Å². The number of ether oxygens (including phenoxy) is 1. The van der Waals surface area contributed by atoms with E-state index in [0.29, 0.717) is 6.04 Å². The zero-order valence-corrected chi connectivity index (χ0v) is 14.2. The molecule has 2 nitrogen and oxygen atoms in total. The molecule has 19 heavy (non-hydrogen) atoms. The van der Waals surface area contributed by atoms with Crippen LogP contribution in [-0.2, 0) is 4.74 Å². The predicted octanol–water partition coefficient (Wildman–Crippen LogP) is 3.41. The zero-order chi connectivity index (χ0) is 13.7. The molecule has 0 aromatic rings. The molecule has 0 aromatic carbocycles. The summed E-state index contributed by atoms with van der Waals surface area (Å²) < 4.78 is 6.21. The predicted molar refractivity (Wildman–Crippen MR) is 88.4 cm³/mol. The fourth-order valence-electron chi connectivity index (χ4n) is 3.25. The van der Waals surface area contributed by atoms with Gasteiger partial charge in [-0.1, -0.05) is 13.8 Å². The highest BCUT2D eigenvalue weighted by Crippen LogP contribution is 2.41. The van der Waals surface area contributed by atoms with Gasteiger partial charge >= 0.3 is 0 Å². The number of rotatable bonds is 5. The van der Waals surface area contributed by atoms with Gasteiger partial charge in [-0.2, -0.15) is 23.5 Å². The van der Waals surface area contributed by atoms with Crippen molar-refractivity contribution in [3.05, 3.63) is 0 Å². The van der Waals surface area contributed by atoms with E-state index in [4.69, 9.17) is 4.74 Å². The fourth-order valence-corrected chi connectivity index (χ4v) is 5.52. The lowest BCUT2D eigenvalue weighted by atomic mass is 9.79. The summed E-state index contributed by atoms with van der Waals surface area (Å²) in [5, 5.41) is 4.30. The summed E-state index contributed by atoms with van der Waals surface area (Å²) in [6.45, 7) is 5.56. The van der Waals surface area contributed by atoms with Crippen LogP contribution in [0.25, 0.3) is 0 Å². The molecule has 2 unspecified atom stereocenters. The monoisotopic (exact) mass is 303 g/mol. The second-order valence-corrected chi connectivity index (χ2v) is 9.01. The van der Waals surface area contributed by atoms with Crippen molar-refractivity contribution in [3.63, 3.8) is 0 Å². The third-order valence-corrected chi connectivity index (χ3v) is 6.69. The first-order valence-corrected chi connectivity index (χ1v) is 9.86. The Bertz CT molecular complexity index is 261. The summed E-state index contributed by atoms with van der Waals surface area (Å²) in [5.41, 5.74) is 0.228. The molecule has 0 aliphatic carbocycles. The van der Waals surface area contributed by atoms with Gasteiger partial charge in [-0.3, -0.25) is 0 Å². The smallest absolute Gasteiger partial charge is 0.0701 e. The Morgan fingerprint density at radius 1 is 1.37 bits per heavy atom. The Morgan fingerprint density at radius 2 is 2.11 bits per heavy atom. The molecular weight excluding hydrogens is 274 g/mol. The molecule has 2 aliphatic rings. The van der Waals surface area contributed by atoms with Crippen LogP contribution in [0.1, 0.15) is 39.5 Å². The van der Waals surface area contributed by atoms with E-state index < -0.39 is 0 Å². The first-order chi connectivity index (χ1) is 9.15. The summed E-state index contributed by atoms with van der Waals surface area (Å²) >= 11 is 4.18. The van der Waals surface area contributed by atoms with E-state index in [0.717, 1.165) is 17.8 Å². The van der Waals surface area contributed by atoms with E-state index in [1.54, 1.807) is 0 Å². The van der Waals surface area contributed by atoms with Gasteiger partial charge in [-0.05, 0) is 55.4 Å². The molecule has 0 bridgehead atoms. The van der Waals surface area contributed by atoms with Gasteiger partial charge in [0.2, 0.25) is 0 Å². The molecule has 2 rings (SSSR count). The van der Waals surface area contributed by atoms with Crippen LogP contribution in [-0.4, -0.2) is 47.8 Å². The zero-order valence-electron chi connectivity index (χ0n) is 12.6. The maximum Gasteiger partial charge on any atom is 0.0701 e. The molecule has 0 amide bonds. The number of thioether (sulfide) groups is 2. The van der Waals surface area contributed by atoms with Crippen LogP contribution in [0, 0.1) is 5.92 Å². The minimum absolute atomic E-state index is 0.228. The van der Waals surface area contributed by atoms with Gasteiger partial charge in [0.1, 0.15) is 0 Å². The van der Waals surface area contributed by atoms with Crippen LogP contribution in [0.2, 0.25) is 0 Å². The van der Waals surface area contributed by atoms with Crippen LogP contribution in [0.3, 0.4) is 0 Å². The topological polar surface area (TPSA) is 21.3 Å². The van der Waals surface area contributed by atoms with Gasteiger partial charge in [0, 0.05) is 18.4 Å². The van der Waals surface area contributed by atoms with Crippen LogP contribution in [0.15, 0.2) is 0 Å². The second kappa shape index (κ2) is 7.58. The van der Waals surface area contributed by atoms with Gasteiger partial charge in [-0.25, -0.2) is 0 Å². The van der Waals surface area contributed by atoms with E-state index in [1.165, 1.54) is 42.9 Å². The van der Waals surface area contributed by atoms with E-state index in [9.17, 15) is 0 Å². The van der Waals surface area contributed by atoms with Crippen LogP contribution in [0.4, 0.5) is 0 Å². The summed E-state index contributed by atoms with van der Waals surface area (Å²) in [4.78, 5) is 0. The minimum Gasteiger partial charge on any atom is -0.375 e. The molecule has 1 spiro atoms. The standard InChI is InChI=1S/C15H29NOS2/c1-12(2)19-11-14(16-3)13-4-7-17-15(10-13)5-8-18-9-6-15/h12-14,16H,4-11H2,1-3H3. The summed E-state index contributed by atoms with van der Waals surface area (Å²) in [6, 6.07) is 0.655. The normalized spacial score (nSPS) is 28.7. The quantitative estimate of drug-likeness (QED) is 0.840. The van der Waals surface area contributed by atoms with Crippen LogP contribution < -0.4 is 5.32 Å². The summed E-state index contributed by atoms with van der Waals surface area (Å²) in [5.74, 6) is 4.62. The van der Waals surface area contributed by atoms with E-state index in [2.05, 4.69) is 49.7 Å². The van der Waals surface area contributed by atoms with Crippen molar-refractivity contribution < 1.29 is 4.74 Å². The molecule has 2 saturated heterocycles. The lowest BCUT2D eigenvalue weighted by Gasteiger charge is -2.45. The Balaban J connectivity index is 1.90. The van der Waals surface area contributed by atoms with Gasteiger partial charge in [0.05, 0.1) is 5.60 Å². The van der Waals surface area contributed by atoms with Gasteiger partial charge in [-0.15, -0.1) is 0 Å². The number of hydrogen-bond donors (Lipinski definition) is 1. The lowest BCUT2D eigenvalue weighted by molar-refractivity contribution is -0.105. The maximum atomic E-state index is 6.21. The molecule has 2 atom stereocenters. The minimum atomic E-state index is 0.228. The highest BCUT2D eigenvalue weighted by atomic mass is 32.2. The summed E-state index contributed by atoms with van der Waals surface area (Å²) in [7, 11) is 2.13. The van der Waals surface area contributed by atoms with Gasteiger partial charge in [0.25, 0.3) is 0 Å². The molecule has 2 heterocycles. The average Bonchev–Trinajstić information content (AvgIpc) is 2.40. The molecule has 0 saturated carbocycles. The largest absolute Gasteiger partial charge is 0.375 e. The highest BCUT2D eigenvalue weighted by molar-refractivity contribution is 7.99. The van der Waals surface area contributed by atoms with Crippen molar-refractivity contribution in [2.45, 2.75) is 56.4 Å². The van der Waals surface area contributed by atoms with Crippen molar-refractivity contribution >= 4 is 23.5 Å². The second-order valence-electron chi connectivity index (χ2n) is 6.17. The van der Waals surface area contributed by atoms with Crippen molar-refractivity contribution in [3.8, 4) is 0 Å². The Kier molecular flexibility index (Phi) is 6.38. The third-order valence-electron chi connectivity index (χ3n) is 4.48. The van der Waals surface area contributed by atoms with Crippen LogP contribution in [0.5, 0.6) is 0 Å².